The van der Waals surface area contributed by atoms with Gasteiger partial charge in [-0.05, 0) is 12.1 Å². The second kappa shape index (κ2) is 4.07. The van der Waals surface area contributed by atoms with Crippen molar-refractivity contribution in [3.8, 4) is 0 Å². The average molecular weight is 232 g/mol. The van der Waals surface area contributed by atoms with E-state index in [-0.39, 0.29) is 6.10 Å². The molecule has 1 aromatic rings. The first-order chi connectivity index (χ1) is 6.66. The van der Waals surface area contributed by atoms with E-state index < -0.39 is 0 Å². The van der Waals surface area contributed by atoms with Gasteiger partial charge in [0.15, 0.2) is 0 Å². The Morgan fingerprint density at radius 3 is 2.36 bits per heavy atom. The lowest BCUT2D eigenvalue weighted by Gasteiger charge is -2.36. The topological polar surface area (TPSA) is 23.5 Å². The minimum Gasteiger partial charge on any atom is -0.390 e. The molecule has 1 heterocycles. The van der Waals surface area contributed by atoms with Gasteiger partial charge in [0.2, 0.25) is 0 Å². The summed E-state index contributed by atoms with van der Waals surface area (Å²) in [6, 6.07) is 5.50. The number of benzene rings is 1. The lowest BCUT2D eigenvalue weighted by Crippen LogP contribution is -2.49. The summed E-state index contributed by atoms with van der Waals surface area (Å²) in [4.78, 5) is 2.11. The van der Waals surface area contributed by atoms with E-state index in [0.29, 0.717) is 23.1 Å². The Morgan fingerprint density at radius 2 is 1.86 bits per heavy atom. The van der Waals surface area contributed by atoms with Crippen LogP contribution < -0.4 is 0 Å². The SMILES string of the molecule is OC1CN(Cc2c(Cl)cccc2Cl)C1. The number of aliphatic hydroxyl groups excluding tert-OH is 1. The van der Waals surface area contributed by atoms with Crippen molar-refractivity contribution in [1.29, 1.82) is 0 Å². The quantitative estimate of drug-likeness (QED) is 0.844. The number of nitrogens with zero attached hydrogens (tertiary/aromatic N) is 1. The molecule has 1 fully saturated rings. The van der Waals surface area contributed by atoms with Crippen LogP contribution in [0.1, 0.15) is 5.56 Å². The van der Waals surface area contributed by atoms with Crippen LogP contribution in [0.3, 0.4) is 0 Å². The Bertz CT molecular complexity index is 317. The number of hydrogen-bond donors (Lipinski definition) is 1. The van der Waals surface area contributed by atoms with Gasteiger partial charge in [0.25, 0.3) is 0 Å². The summed E-state index contributed by atoms with van der Waals surface area (Å²) >= 11 is 12.0. The zero-order valence-corrected chi connectivity index (χ0v) is 9.09. The zero-order chi connectivity index (χ0) is 10.1. The van der Waals surface area contributed by atoms with Crippen molar-refractivity contribution in [3.63, 3.8) is 0 Å². The largest absolute Gasteiger partial charge is 0.390 e. The van der Waals surface area contributed by atoms with Gasteiger partial charge in [0, 0.05) is 35.2 Å². The molecule has 0 unspecified atom stereocenters. The maximum atomic E-state index is 9.13. The normalized spacial score (nSPS) is 18.2. The third kappa shape index (κ3) is 2.04. The van der Waals surface area contributed by atoms with Crippen molar-refractivity contribution >= 4 is 23.2 Å². The van der Waals surface area contributed by atoms with Crippen molar-refractivity contribution in [2.24, 2.45) is 0 Å². The Morgan fingerprint density at radius 1 is 1.29 bits per heavy atom. The highest BCUT2D eigenvalue weighted by atomic mass is 35.5. The van der Waals surface area contributed by atoms with Gasteiger partial charge in [-0.15, -0.1) is 0 Å². The maximum Gasteiger partial charge on any atom is 0.0794 e. The highest BCUT2D eigenvalue weighted by molar-refractivity contribution is 6.35. The van der Waals surface area contributed by atoms with Gasteiger partial charge in [0.1, 0.15) is 0 Å². The van der Waals surface area contributed by atoms with Crippen molar-refractivity contribution < 1.29 is 5.11 Å². The second-order valence-electron chi connectivity index (χ2n) is 3.55. The molecule has 76 valence electrons. The predicted molar refractivity (Wildman–Crippen MR) is 57.7 cm³/mol. The van der Waals surface area contributed by atoms with Crippen LogP contribution in [0.25, 0.3) is 0 Å². The zero-order valence-electron chi connectivity index (χ0n) is 7.58. The van der Waals surface area contributed by atoms with Crippen LogP contribution in [-0.4, -0.2) is 29.2 Å². The van der Waals surface area contributed by atoms with Gasteiger partial charge in [-0.2, -0.15) is 0 Å². The van der Waals surface area contributed by atoms with E-state index in [9.17, 15) is 0 Å². The van der Waals surface area contributed by atoms with Crippen LogP contribution in [0.5, 0.6) is 0 Å². The Balaban J connectivity index is 2.09. The fraction of sp³-hybridized carbons (Fsp3) is 0.400. The number of halogens is 2. The molecule has 2 nitrogen and oxygen atoms in total. The summed E-state index contributed by atoms with van der Waals surface area (Å²) in [5.74, 6) is 0. The summed E-state index contributed by atoms with van der Waals surface area (Å²) in [5, 5.41) is 10.5. The van der Waals surface area contributed by atoms with Crippen molar-refractivity contribution in [3.05, 3.63) is 33.8 Å². The Kier molecular flexibility index (Phi) is 2.98. The minimum absolute atomic E-state index is 0.184. The monoisotopic (exact) mass is 231 g/mol. The maximum absolute atomic E-state index is 9.13. The Hall–Kier alpha value is -0.280. The number of rotatable bonds is 2. The summed E-state index contributed by atoms with van der Waals surface area (Å²) < 4.78 is 0. The fourth-order valence-electron chi connectivity index (χ4n) is 1.58. The second-order valence-corrected chi connectivity index (χ2v) is 4.36. The number of aliphatic hydroxyl groups is 1. The number of β-amino-alcohol motifs (C(OH)–C–C–N with tert-alkyl or cyclic N) is 1. The standard InChI is InChI=1S/C10H11Cl2NO/c11-9-2-1-3-10(12)8(9)6-13-4-7(14)5-13/h1-3,7,14H,4-6H2. The van der Waals surface area contributed by atoms with E-state index in [4.69, 9.17) is 28.3 Å². The first-order valence-corrected chi connectivity index (χ1v) is 5.25. The Labute approximate surface area is 93.0 Å². The van der Waals surface area contributed by atoms with Crippen molar-refractivity contribution in [2.45, 2.75) is 12.6 Å². The molecule has 2 rings (SSSR count). The molecule has 1 aliphatic heterocycles. The van der Waals surface area contributed by atoms with Crippen LogP contribution in [-0.2, 0) is 6.54 Å². The van der Waals surface area contributed by atoms with Gasteiger partial charge in [-0.25, -0.2) is 0 Å². The third-order valence-electron chi connectivity index (χ3n) is 2.38. The molecule has 1 aromatic carbocycles. The van der Waals surface area contributed by atoms with E-state index >= 15 is 0 Å². The molecule has 0 aromatic heterocycles. The van der Waals surface area contributed by atoms with Crippen molar-refractivity contribution in [2.75, 3.05) is 13.1 Å². The molecule has 0 amide bonds. The van der Waals surface area contributed by atoms with Crippen molar-refractivity contribution in [1.82, 2.24) is 4.90 Å². The number of hydrogen-bond acceptors (Lipinski definition) is 2. The highest BCUT2D eigenvalue weighted by Gasteiger charge is 2.25. The van der Waals surface area contributed by atoms with Crippen LogP contribution in [0.15, 0.2) is 18.2 Å². The lowest BCUT2D eigenvalue weighted by atomic mass is 10.1. The van der Waals surface area contributed by atoms with Crippen LogP contribution >= 0.6 is 23.2 Å². The molecule has 0 radical (unpaired) electrons. The molecule has 1 aliphatic rings. The molecule has 14 heavy (non-hydrogen) atoms. The molecule has 0 saturated carbocycles. The van der Waals surface area contributed by atoms with E-state index in [1.165, 1.54) is 0 Å². The van der Waals surface area contributed by atoms with E-state index in [2.05, 4.69) is 4.90 Å². The van der Waals surface area contributed by atoms with Gasteiger partial charge in [-0.1, -0.05) is 29.3 Å². The van der Waals surface area contributed by atoms with Crippen LogP contribution in [0.4, 0.5) is 0 Å². The molecule has 4 heteroatoms. The fourth-order valence-corrected chi connectivity index (χ4v) is 2.10. The van der Waals surface area contributed by atoms with Gasteiger partial charge >= 0.3 is 0 Å². The first kappa shape index (κ1) is 10.2. The lowest BCUT2D eigenvalue weighted by molar-refractivity contribution is -0.00283. The van der Waals surface area contributed by atoms with E-state index in [1.807, 2.05) is 18.2 Å². The number of likely N-dealkylation sites (tertiary alicyclic amines) is 1. The predicted octanol–water partition coefficient (Wildman–Crippen LogP) is 2.17. The molecule has 1 N–H and O–H groups in total. The molecule has 1 saturated heterocycles. The average Bonchev–Trinajstić information content (AvgIpc) is 2.08. The molecule has 0 spiro atoms. The van der Waals surface area contributed by atoms with Crippen LogP contribution in [0.2, 0.25) is 10.0 Å². The van der Waals surface area contributed by atoms with Crippen LogP contribution in [0, 0.1) is 0 Å². The van der Waals surface area contributed by atoms with Gasteiger partial charge in [-0.3, -0.25) is 4.90 Å². The summed E-state index contributed by atoms with van der Waals surface area (Å²) in [6.07, 6.45) is -0.184. The molecule has 0 bridgehead atoms. The smallest absolute Gasteiger partial charge is 0.0794 e. The summed E-state index contributed by atoms with van der Waals surface area (Å²) in [6.45, 7) is 2.14. The van der Waals surface area contributed by atoms with E-state index in [1.54, 1.807) is 0 Å². The molecule has 0 aliphatic carbocycles. The van der Waals surface area contributed by atoms with E-state index in [0.717, 1.165) is 12.1 Å². The first-order valence-electron chi connectivity index (χ1n) is 4.50. The molecular weight excluding hydrogens is 221 g/mol. The highest BCUT2D eigenvalue weighted by Crippen LogP contribution is 2.27. The molecular formula is C10H11Cl2NO. The third-order valence-corrected chi connectivity index (χ3v) is 3.09. The van der Waals surface area contributed by atoms with Gasteiger partial charge in [0.05, 0.1) is 6.10 Å². The summed E-state index contributed by atoms with van der Waals surface area (Å²) in [7, 11) is 0. The minimum atomic E-state index is -0.184. The van der Waals surface area contributed by atoms with Gasteiger partial charge < -0.3 is 5.11 Å². The summed E-state index contributed by atoms with van der Waals surface area (Å²) in [5.41, 5.74) is 0.947. The molecule has 0 atom stereocenters.